The molecule has 3 aromatic rings. The summed E-state index contributed by atoms with van der Waals surface area (Å²) in [4.78, 5) is 13.4. The molecular formula is C19H13NOS. The van der Waals surface area contributed by atoms with Gasteiger partial charge in [0.15, 0.2) is 5.78 Å². The first-order valence-electron chi connectivity index (χ1n) is 7.09. The number of carbonyl (C=O) groups excluding carboxylic acids is 1. The summed E-state index contributed by atoms with van der Waals surface area (Å²) >= 11 is 1.60. The molecule has 0 atom stereocenters. The van der Waals surface area contributed by atoms with Gasteiger partial charge in [-0.05, 0) is 11.5 Å². The van der Waals surface area contributed by atoms with Crippen LogP contribution in [0, 0.1) is 0 Å². The van der Waals surface area contributed by atoms with Crippen LogP contribution in [0.5, 0.6) is 0 Å². The molecule has 2 nitrogen and oxygen atoms in total. The van der Waals surface area contributed by atoms with Crippen LogP contribution in [0.1, 0.15) is 10.4 Å². The van der Waals surface area contributed by atoms with Gasteiger partial charge in [-0.2, -0.15) is 0 Å². The van der Waals surface area contributed by atoms with Gasteiger partial charge in [-0.1, -0.05) is 72.4 Å². The first-order chi connectivity index (χ1) is 10.8. The van der Waals surface area contributed by atoms with Gasteiger partial charge in [0.25, 0.3) is 0 Å². The van der Waals surface area contributed by atoms with Gasteiger partial charge < -0.3 is 5.32 Å². The molecule has 0 saturated heterocycles. The number of allylic oxidation sites excluding steroid dienone is 1. The Kier molecular flexibility index (Phi) is 3.20. The highest BCUT2D eigenvalue weighted by Crippen LogP contribution is 2.44. The standard InChI is InChI=1S/C19H13NOS/c21-16(14-7-2-1-3-8-14)12-18-20-19-15-9-5-4-6-13(15)10-11-17(19)22-18/h1-12,20H/b18-12-. The van der Waals surface area contributed by atoms with Crippen molar-refractivity contribution in [1.82, 2.24) is 0 Å². The lowest BCUT2D eigenvalue weighted by Gasteiger charge is -2.04. The van der Waals surface area contributed by atoms with Gasteiger partial charge in [0.2, 0.25) is 0 Å². The molecule has 0 bridgehead atoms. The summed E-state index contributed by atoms with van der Waals surface area (Å²) in [5.74, 6) is 0.0210. The molecule has 4 rings (SSSR count). The number of benzene rings is 3. The number of thioether (sulfide) groups is 1. The quantitative estimate of drug-likeness (QED) is 0.528. The number of nitrogens with one attached hydrogen (secondary N) is 1. The zero-order valence-electron chi connectivity index (χ0n) is 11.7. The highest BCUT2D eigenvalue weighted by molar-refractivity contribution is 8.03. The van der Waals surface area contributed by atoms with Crippen molar-refractivity contribution in [3.05, 3.63) is 83.4 Å². The second-order valence-electron chi connectivity index (χ2n) is 5.13. The number of fused-ring (bicyclic) bond motifs is 3. The first kappa shape index (κ1) is 13.2. The average Bonchev–Trinajstić information content (AvgIpc) is 2.98. The second-order valence-corrected chi connectivity index (χ2v) is 6.21. The van der Waals surface area contributed by atoms with E-state index < -0.39 is 0 Å². The van der Waals surface area contributed by atoms with Gasteiger partial charge >= 0.3 is 0 Å². The highest BCUT2D eigenvalue weighted by Gasteiger charge is 2.19. The minimum atomic E-state index is 0.0210. The Morgan fingerprint density at radius 2 is 1.68 bits per heavy atom. The average molecular weight is 303 g/mol. The molecule has 0 unspecified atom stereocenters. The zero-order chi connectivity index (χ0) is 14.9. The Morgan fingerprint density at radius 3 is 2.55 bits per heavy atom. The molecule has 0 aromatic heterocycles. The number of hydrogen-bond donors (Lipinski definition) is 1. The summed E-state index contributed by atoms with van der Waals surface area (Å²) in [7, 11) is 0. The zero-order valence-corrected chi connectivity index (χ0v) is 12.6. The highest BCUT2D eigenvalue weighted by atomic mass is 32.2. The van der Waals surface area contributed by atoms with E-state index in [2.05, 4.69) is 29.6 Å². The van der Waals surface area contributed by atoms with Gasteiger partial charge in [-0.25, -0.2) is 0 Å². The van der Waals surface area contributed by atoms with Crippen molar-refractivity contribution in [3.63, 3.8) is 0 Å². The molecule has 0 radical (unpaired) electrons. The number of ketones is 1. The number of rotatable bonds is 2. The number of carbonyl (C=O) groups is 1. The molecule has 3 heteroatoms. The van der Waals surface area contributed by atoms with Gasteiger partial charge in [0, 0.05) is 21.9 Å². The van der Waals surface area contributed by atoms with E-state index in [4.69, 9.17) is 0 Å². The summed E-state index contributed by atoms with van der Waals surface area (Å²) in [6.07, 6.45) is 1.68. The van der Waals surface area contributed by atoms with Crippen LogP contribution in [-0.2, 0) is 0 Å². The van der Waals surface area contributed by atoms with Crippen LogP contribution in [0.4, 0.5) is 5.69 Å². The Balaban J connectivity index is 1.69. The van der Waals surface area contributed by atoms with Crippen molar-refractivity contribution in [3.8, 4) is 0 Å². The summed E-state index contributed by atoms with van der Waals surface area (Å²) in [5.41, 5.74) is 1.80. The van der Waals surface area contributed by atoms with E-state index in [-0.39, 0.29) is 5.78 Å². The fourth-order valence-electron chi connectivity index (χ4n) is 2.60. The Labute approximate surface area is 132 Å². The van der Waals surface area contributed by atoms with E-state index >= 15 is 0 Å². The van der Waals surface area contributed by atoms with Crippen LogP contribution in [0.15, 0.2) is 82.7 Å². The van der Waals surface area contributed by atoms with Gasteiger partial charge in [-0.15, -0.1) is 0 Å². The molecule has 0 saturated carbocycles. The van der Waals surface area contributed by atoms with Crippen molar-refractivity contribution in [2.75, 3.05) is 5.32 Å². The minimum absolute atomic E-state index is 0.0210. The maximum atomic E-state index is 12.3. The van der Waals surface area contributed by atoms with Crippen molar-refractivity contribution in [2.45, 2.75) is 4.90 Å². The predicted molar refractivity (Wildman–Crippen MR) is 92.3 cm³/mol. The molecule has 0 spiro atoms. The maximum absolute atomic E-state index is 12.3. The Morgan fingerprint density at radius 1 is 0.909 bits per heavy atom. The molecule has 0 fully saturated rings. The van der Waals surface area contributed by atoms with Gasteiger partial charge in [-0.3, -0.25) is 4.79 Å². The van der Waals surface area contributed by atoms with Crippen molar-refractivity contribution in [1.29, 1.82) is 0 Å². The summed E-state index contributed by atoms with van der Waals surface area (Å²) < 4.78 is 0. The summed E-state index contributed by atoms with van der Waals surface area (Å²) in [6.45, 7) is 0. The third-order valence-electron chi connectivity index (χ3n) is 3.68. The van der Waals surface area contributed by atoms with E-state index in [1.54, 1.807) is 17.8 Å². The smallest absolute Gasteiger partial charge is 0.188 e. The number of anilines is 1. The van der Waals surface area contributed by atoms with E-state index in [9.17, 15) is 4.79 Å². The Hall–Kier alpha value is -2.52. The number of hydrogen-bond acceptors (Lipinski definition) is 3. The fourth-order valence-corrected chi connectivity index (χ4v) is 3.56. The lowest BCUT2D eigenvalue weighted by molar-refractivity contribution is 0.104. The molecule has 1 N–H and O–H groups in total. The lowest BCUT2D eigenvalue weighted by atomic mass is 10.1. The predicted octanol–water partition coefficient (Wildman–Crippen LogP) is 5.08. The van der Waals surface area contributed by atoms with E-state index in [1.807, 2.05) is 42.5 Å². The SMILES string of the molecule is O=C(/C=C1/Nc2c(ccc3ccccc23)S1)c1ccccc1. The molecule has 0 amide bonds. The first-order valence-corrected chi connectivity index (χ1v) is 7.90. The maximum Gasteiger partial charge on any atom is 0.188 e. The van der Waals surface area contributed by atoms with E-state index in [1.165, 1.54) is 10.8 Å². The molecular weight excluding hydrogens is 290 g/mol. The van der Waals surface area contributed by atoms with E-state index in [0.29, 0.717) is 5.56 Å². The Bertz CT molecular complexity index is 900. The third-order valence-corrected chi connectivity index (χ3v) is 4.68. The molecule has 1 heterocycles. The second kappa shape index (κ2) is 5.35. The van der Waals surface area contributed by atoms with Crippen LogP contribution >= 0.6 is 11.8 Å². The molecule has 0 aliphatic carbocycles. The van der Waals surface area contributed by atoms with E-state index in [0.717, 1.165) is 15.6 Å². The van der Waals surface area contributed by atoms with Crippen LogP contribution < -0.4 is 5.32 Å². The van der Waals surface area contributed by atoms with Gasteiger partial charge in [0.1, 0.15) is 0 Å². The van der Waals surface area contributed by atoms with Crippen molar-refractivity contribution >= 4 is 34.0 Å². The molecule has 1 aliphatic rings. The monoisotopic (exact) mass is 303 g/mol. The van der Waals surface area contributed by atoms with Crippen LogP contribution in [0.3, 0.4) is 0 Å². The van der Waals surface area contributed by atoms with Crippen LogP contribution in [0.25, 0.3) is 10.8 Å². The fraction of sp³-hybridized carbons (Fsp3) is 0. The molecule has 106 valence electrons. The molecule has 3 aromatic carbocycles. The molecule has 22 heavy (non-hydrogen) atoms. The van der Waals surface area contributed by atoms with Crippen molar-refractivity contribution < 1.29 is 4.79 Å². The minimum Gasteiger partial charge on any atom is -0.348 e. The summed E-state index contributed by atoms with van der Waals surface area (Å²) in [6, 6.07) is 21.8. The topological polar surface area (TPSA) is 29.1 Å². The summed E-state index contributed by atoms with van der Waals surface area (Å²) in [5, 5.41) is 6.64. The van der Waals surface area contributed by atoms with Crippen LogP contribution in [-0.4, -0.2) is 5.78 Å². The van der Waals surface area contributed by atoms with Crippen molar-refractivity contribution in [2.24, 2.45) is 0 Å². The normalized spacial score (nSPS) is 14.8. The lowest BCUT2D eigenvalue weighted by Crippen LogP contribution is -1.98. The largest absolute Gasteiger partial charge is 0.348 e. The van der Waals surface area contributed by atoms with Crippen LogP contribution in [0.2, 0.25) is 0 Å². The van der Waals surface area contributed by atoms with Gasteiger partial charge in [0.05, 0.1) is 10.7 Å². The molecule has 1 aliphatic heterocycles. The third kappa shape index (κ3) is 2.30.